The molecule has 0 saturated carbocycles. The average Bonchev–Trinajstić information content (AvgIpc) is 3.48. The molecule has 0 aliphatic carbocycles. The predicted molar refractivity (Wildman–Crippen MR) is 149 cm³/mol. The summed E-state index contributed by atoms with van der Waals surface area (Å²) < 4.78 is 5.33. The van der Waals surface area contributed by atoms with Crippen LogP contribution in [0.5, 0.6) is 0 Å². The van der Waals surface area contributed by atoms with E-state index in [2.05, 4.69) is 21.3 Å². The van der Waals surface area contributed by atoms with Gasteiger partial charge >= 0.3 is 0 Å². The molecule has 1 unspecified atom stereocenters. The number of rotatable bonds is 14. The van der Waals surface area contributed by atoms with Crippen LogP contribution in [0.3, 0.4) is 0 Å². The number of amides is 5. The van der Waals surface area contributed by atoms with Crippen LogP contribution in [0.1, 0.15) is 52.5 Å². The van der Waals surface area contributed by atoms with Crippen LogP contribution in [0.15, 0.2) is 30.3 Å². The monoisotopic (exact) mass is 571 g/mol. The van der Waals surface area contributed by atoms with Gasteiger partial charge < -0.3 is 30.9 Å². The summed E-state index contributed by atoms with van der Waals surface area (Å²) in [4.78, 5) is 77.2. The van der Waals surface area contributed by atoms with Gasteiger partial charge in [-0.05, 0) is 37.7 Å². The maximum Gasteiger partial charge on any atom is 0.243 e. The molecule has 3 rings (SSSR count). The quantitative estimate of drug-likeness (QED) is 0.225. The number of likely N-dealkylation sites (tertiary alicyclic amines) is 1. The first-order valence-corrected chi connectivity index (χ1v) is 14.0. The Morgan fingerprint density at radius 1 is 1.00 bits per heavy atom. The van der Waals surface area contributed by atoms with Crippen molar-refractivity contribution in [1.29, 1.82) is 0 Å². The van der Waals surface area contributed by atoms with Crippen molar-refractivity contribution in [3.8, 4) is 0 Å². The Morgan fingerprint density at radius 2 is 1.68 bits per heavy atom. The van der Waals surface area contributed by atoms with Crippen molar-refractivity contribution < 1.29 is 33.5 Å². The predicted octanol–water partition coefficient (Wildman–Crippen LogP) is -0.154. The Balaban J connectivity index is 1.69. The highest BCUT2D eigenvalue weighted by molar-refractivity contribution is 5.98. The van der Waals surface area contributed by atoms with Crippen molar-refractivity contribution in [1.82, 2.24) is 26.2 Å². The molecule has 4 N–H and O–H groups in total. The van der Waals surface area contributed by atoms with Crippen molar-refractivity contribution >= 4 is 35.3 Å². The summed E-state index contributed by atoms with van der Waals surface area (Å²) in [6, 6.07) is 6.63. The Morgan fingerprint density at radius 3 is 2.29 bits per heavy atom. The van der Waals surface area contributed by atoms with Crippen LogP contribution < -0.4 is 21.3 Å². The normalized spacial score (nSPS) is 21.0. The maximum absolute atomic E-state index is 13.6. The van der Waals surface area contributed by atoms with Gasteiger partial charge in [0.25, 0.3) is 0 Å². The smallest absolute Gasteiger partial charge is 0.243 e. The molecular formula is C29H41N5O7. The van der Waals surface area contributed by atoms with Gasteiger partial charge in [-0.15, -0.1) is 0 Å². The van der Waals surface area contributed by atoms with Crippen molar-refractivity contribution in [3.05, 3.63) is 35.9 Å². The highest BCUT2D eigenvalue weighted by Crippen LogP contribution is 2.29. The number of nitrogens with zero attached hydrogens (tertiary/aromatic N) is 1. The highest BCUT2D eigenvalue weighted by atomic mass is 16.6. The van der Waals surface area contributed by atoms with E-state index in [1.54, 1.807) is 6.92 Å². The number of epoxide rings is 1. The van der Waals surface area contributed by atoms with Gasteiger partial charge in [-0.25, -0.2) is 0 Å². The van der Waals surface area contributed by atoms with Gasteiger partial charge in [-0.3, -0.25) is 28.8 Å². The molecule has 2 aliphatic rings. The van der Waals surface area contributed by atoms with Gasteiger partial charge in [-0.1, -0.05) is 44.2 Å². The average molecular weight is 572 g/mol. The molecule has 0 bridgehead atoms. The Hall–Kier alpha value is -3.80. The summed E-state index contributed by atoms with van der Waals surface area (Å²) in [5.74, 6) is -2.38. The van der Waals surface area contributed by atoms with E-state index < -0.39 is 47.4 Å². The fourth-order valence-corrected chi connectivity index (χ4v) is 4.80. The molecule has 12 heteroatoms. The first kappa shape index (κ1) is 31.7. The van der Waals surface area contributed by atoms with E-state index in [4.69, 9.17) is 4.74 Å². The lowest BCUT2D eigenvalue weighted by Crippen LogP contribution is -2.57. The number of Topliss-reactive ketones (excluding diaryl/α,β-unsaturated/α-hetero) is 1. The molecule has 0 aromatic heterocycles. The first-order chi connectivity index (χ1) is 19.4. The second-order valence-corrected chi connectivity index (χ2v) is 11.3. The zero-order chi connectivity index (χ0) is 30.2. The molecule has 2 saturated heterocycles. The van der Waals surface area contributed by atoms with E-state index in [-0.39, 0.29) is 37.1 Å². The third-order valence-electron chi connectivity index (χ3n) is 7.16. The number of nitrogens with one attached hydrogen (secondary N) is 4. The summed E-state index contributed by atoms with van der Waals surface area (Å²) in [5, 5.41) is 10.5. The van der Waals surface area contributed by atoms with E-state index >= 15 is 0 Å². The second-order valence-electron chi connectivity index (χ2n) is 11.3. The SMILES string of the molecule is CC(=O)NCC(=O)NCC(=O)N1CCC[C@H]1C(=O)N[C@@H](Cc1ccccc1)C(=O)N[C@@H](CC(C)C)C(=O)C1(C)CO1. The van der Waals surface area contributed by atoms with E-state index in [1.165, 1.54) is 11.8 Å². The third-order valence-corrected chi connectivity index (χ3v) is 7.16. The van der Waals surface area contributed by atoms with Crippen LogP contribution in [0, 0.1) is 5.92 Å². The van der Waals surface area contributed by atoms with E-state index in [1.807, 2.05) is 44.2 Å². The molecule has 5 amide bonds. The molecule has 1 aromatic carbocycles. The van der Waals surface area contributed by atoms with Gasteiger partial charge in [0.2, 0.25) is 29.5 Å². The van der Waals surface area contributed by atoms with Crippen LogP contribution in [0.2, 0.25) is 0 Å². The standard InChI is InChI=1S/C29H41N5O7/c1-18(2)13-21(26(38)29(4)17-41-29)32-27(39)22(14-20-9-6-5-7-10-20)33-28(40)23-11-8-12-34(23)25(37)16-31-24(36)15-30-19(3)35/h5-7,9-10,18,21-23H,8,11-17H2,1-4H3,(H,30,35)(H,31,36)(H,32,39)(H,33,40)/t21-,22-,23-,29?/m0/s1. The molecule has 0 spiro atoms. The summed E-state index contributed by atoms with van der Waals surface area (Å²) in [6.45, 7) is 6.95. The molecule has 2 fully saturated rings. The fraction of sp³-hybridized carbons (Fsp3) is 0.586. The molecule has 12 nitrogen and oxygen atoms in total. The molecule has 224 valence electrons. The number of hydrogen-bond acceptors (Lipinski definition) is 7. The second kappa shape index (κ2) is 14.2. The van der Waals surface area contributed by atoms with E-state index in [0.29, 0.717) is 32.4 Å². The summed E-state index contributed by atoms with van der Waals surface area (Å²) in [7, 11) is 0. The van der Waals surface area contributed by atoms with Crippen molar-refractivity contribution in [2.75, 3.05) is 26.2 Å². The van der Waals surface area contributed by atoms with Crippen LogP contribution in [-0.2, 0) is 39.9 Å². The molecule has 41 heavy (non-hydrogen) atoms. The lowest BCUT2D eigenvalue weighted by Gasteiger charge is -2.28. The number of ether oxygens (including phenoxy) is 1. The fourth-order valence-electron chi connectivity index (χ4n) is 4.80. The number of carbonyl (C=O) groups excluding carboxylic acids is 6. The zero-order valence-electron chi connectivity index (χ0n) is 24.2. The van der Waals surface area contributed by atoms with Gasteiger partial charge in [0, 0.05) is 19.9 Å². The minimum atomic E-state index is -0.991. The van der Waals surface area contributed by atoms with Gasteiger partial charge in [0.05, 0.1) is 25.7 Å². The molecular weight excluding hydrogens is 530 g/mol. The third kappa shape index (κ3) is 9.38. The Bertz CT molecular complexity index is 1140. The van der Waals surface area contributed by atoms with Gasteiger partial charge in [0.1, 0.15) is 17.7 Å². The lowest BCUT2D eigenvalue weighted by molar-refractivity contribution is -0.140. The summed E-state index contributed by atoms with van der Waals surface area (Å²) in [5.41, 5.74) is -0.0915. The Labute approximate surface area is 240 Å². The van der Waals surface area contributed by atoms with E-state index in [9.17, 15) is 28.8 Å². The largest absolute Gasteiger partial charge is 0.361 e. The lowest BCUT2D eigenvalue weighted by atomic mass is 9.93. The number of ketones is 1. The van der Waals surface area contributed by atoms with Gasteiger partial charge in [0.15, 0.2) is 5.78 Å². The topological polar surface area (TPSA) is 166 Å². The Kier molecular flexibility index (Phi) is 11.0. The number of carbonyl (C=O) groups is 6. The van der Waals surface area contributed by atoms with Crippen LogP contribution in [0.4, 0.5) is 0 Å². The highest BCUT2D eigenvalue weighted by Gasteiger charge is 2.50. The van der Waals surface area contributed by atoms with E-state index in [0.717, 1.165) is 5.56 Å². The maximum atomic E-state index is 13.6. The molecule has 1 aromatic rings. The summed E-state index contributed by atoms with van der Waals surface area (Å²) >= 11 is 0. The summed E-state index contributed by atoms with van der Waals surface area (Å²) in [6.07, 6.45) is 1.60. The van der Waals surface area contributed by atoms with Crippen molar-refractivity contribution in [3.63, 3.8) is 0 Å². The van der Waals surface area contributed by atoms with Crippen molar-refractivity contribution in [2.24, 2.45) is 5.92 Å². The van der Waals surface area contributed by atoms with Crippen molar-refractivity contribution in [2.45, 2.75) is 77.1 Å². The minimum absolute atomic E-state index is 0.130. The van der Waals surface area contributed by atoms with Gasteiger partial charge in [-0.2, -0.15) is 0 Å². The number of hydrogen-bond donors (Lipinski definition) is 4. The van der Waals surface area contributed by atoms with Crippen LogP contribution in [-0.4, -0.2) is 90.2 Å². The van der Waals surface area contributed by atoms with Crippen LogP contribution in [0.25, 0.3) is 0 Å². The van der Waals surface area contributed by atoms with Crippen LogP contribution >= 0.6 is 0 Å². The number of benzene rings is 1. The molecule has 0 radical (unpaired) electrons. The zero-order valence-corrected chi connectivity index (χ0v) is 24.2. The minimum Gasteiger partial charge on any atom is -0.361 e. The molecule has 2 heterocycles. The first-order valence-electron chi connectivity index (χ1n) is 14.0. The molecule has 4 atom stereocenters. The molecule has 2 aliphatic heterocycles.